The van der Waals surface area contributed by atoms with Gasteiger partial charge in [-0.1, -0.05) is 0 Å². The molecule has 1 saturated heterocycles. The average molecular weight is 368 g/mol. The highest BCUT2D eigenvalue weighted by molar-refractivity contribution is 6.07. The molecule has 3 unspecified atom stereocenters. The topological polar surface area (TPSA) is 159 Å². The summed E-state index contributed by atoms with van der Waals surface area (Å²) in [6, 6.07) is 0. The number of esters is 1. The van der Waals surface area contributed by atoms with E-state index in [1.54, 1.807) is 6.92 Å². The zero-order valence-corrected chi connectivity index (χ0v) is 14.2. The lowest BCUT2D eigenvalue weighted by atomic mass is 9.96. The fraction of sp³-hybridized carbons (Fsp3) is 0.533. The third-order valence-electron chi connectivity index (χ3n) is 4.40. The molecule has 0 spiro atoms. The maximum absolute atomic E-state index is 12.3. The van der Waals surface area contributed by atoms with Crippen molar-refractivity contribution in [2.45, 2.75) is 37.9 Å². The first-order valence-corrected chi connectivity index (χ1v) is 7.96. The van der Waals surface area contributed by atoms with Gasteiger partial charge >= 0.3 is 5.97 Å². The monoisotopic (exact) mass is 368 g/mol. The lowest BCUT2D eigenvalue weighted by Gasteiger charge is -2.27. The second-order valence-corrected chi connectivity index (χ2v) is 6.08. The van der Waals surface area contributed by atoms with Gasteiger partial charge in [-0.05, 0) is 13.8 Å². The second kappa shape index (κ2) is 6.78. The maximum Gasteiger partial charge on any atom is 0.340 e. The van der Waals surface area contributed by atoms with Gasteiger partial charge in [-0.3, -0.25) is 10.7 Å². The molecule has 11 nitrogen and oxygen atoms in total. The summed E-state index contributed by atoms with van der Waals surface area (Å²) in [5.74, 6) is -0.715. The third-order valence-corrected chi connectivity index (χ3v) is 4.40. The summed E-state index contributed by atoms with van der Waals surface area (Å²) in [7, 11) is 0. The molecule has 4 atom stereocenters. The van der Waals surface area contributed by atoms with Crippen LogP contribution < -0.4 is 5.48 Å². The van der Waals surface area contributed by atoms with E-state index < -0.39 is 36.6 Å². The summed E-state index contributed by atoms with van der Waals surface area (Å²) in [6.45, 7) is 2.62. The number of nitrogens with zero attached hydrogens (tertiary/aromatic N) is 3. The van der Waals surface area contributed by atoms with Gasteiger partial charge in [0.1, 0.15) is 29.8 Å². The van der Waals surface area contributed by atoms with Crippen molar-refractivity contribution in [2.24, 2.45) is 0 Å². The van der Waals surface area contributed by atoms with E-state index in [2.05, 4.69) is 9.97 Å². The van der Waals surface area contributed by atoms with Gasteiger partial charge in [-0.25, -0.2) is 14.8 Å². The van der Waals surface area contributed by atoms with Crippen LogP contribution in [0.1, 0.15) is 30.4 Å². The highest BCUT2D eigenvalue weighted by Crippen LogP contribution is 2.41. The van der Waals surface area contributed by atoms with Crippen molar-refractivity contribution < 1.29 is 34.8 Å². The largest absolute Gasteiger partial charge is 0.462 e. The summed E-state index contributed by atoms with van der Waals surface area (Å²) in [5.41, 5.74) is 0.326. The Balaban J connectivity index is 2.20. The van der Waals surface area contributed by atoms with Crippen LogP contribution in [0.3, 0.4) is 0 Å². The Morgan fingerprint density at radius 2 is 2.23 bits per heavy atom. The number of carbonyl (C=O) groups excluding carboxylic acids is 1. The SMILES string of the molecule is CCOC(=O)c1cn(C2OC(CO)C(O)[C@@]2(C)O)c2ncnc(NO)c12. The summed E-state index contributed by atoms with van der Waals surface area (Å²) < 4.78 is 11.9. The molecule has 0 aromatic carbocycles. The van der Waals surface area contributed by atoms with E-state index in [-0.39, 0.29) is 29.0 Å². The molecule has 11 heteroatoms. The van der Waals surface area contributed by atoms with Crippen LogP contribution in [0.4, 0.5) is 5.82 Å². The van der Waals surface area contributed by atoms with Crippen molar-refractivity contribution in [1.82, 2.24) is 14.5 Å². The fourth-order valence-electron chi connectivity index (χ4n) is 3.10. The Hall–Kier alpha value is -2.31. The number of aliphatic hydroxyl groups is 3. The summed E-state index contributed by atoms with van der Waals surface area (Å²) >= 11 is 0. The minimum absolute atomic E-state index is 0.0336. The molecule has 1 aliphatic heterocycles. The number of fused-ring (bicyclic) bond motifs is 1. The molecule has 0 amide bonds. The van der Waals surface area contributed by atoms with Gasteiger partial charge < -0.3 is 29.4 Å². The second-order valence-electron chi connectivity index (χ2n) is 6.08. The molecule has 0 aliphatic carbocycles. The number of carbonyl (C=O) groups is 1. The smallest absolute Gasteiger partial charge is 0.340 e. The highest BCUT2D eigenvalue weighted by Gasteiger charge is 2.53. The molecule has 26 heavy (non-hydrogen) atoms. The molecular formula is C15H20N4O7. The Kier molecular flexibility index (Phi) is 4.82. The normalized spacial score (nSPS) is 28.5. The molecule has 142 valence electrons. The first-order valence-electron chi connectivity index (χ1n) is 7.96. The van der Waals surface area contributed by atoms with Crippen molar-refractivity contribution in [3.8, 4) is 0 Å². The highest BCUT2D eigenvalue weighted by atomic mass is 16.6. The summed E-state index contributed by atoms with van der Waals surface area (Å²) in [6.07, 6.45) is -1.05. The molecule has 0 radical (unpaired) electrons. The number of hydrogen-bond acceptors (Lipinski definition) is 10. The van der Waals surface area contributed by atoms with Crippen molar-refractivity contribution in [1.29, 1.82) is 0 Å². The van der Waals surface area contributed by atoms with Crippen molar-refractivity contribution in [3.05, 3.63) is 18.1 Å². The molecular weight excluding hydrogens is 348 g/mol. The molecule has 2 aromatic heterocycles. The molecule has 5 N–H and O–H groups in total. The quantitative estimate of drug-likeness (QED) is 0.341. The first-order chi connectivity index (χ1) is 12.4. The number of nitrogens with one attached hydrogen (secondary N) is 1. The molecule has 1 fully saturated rings. The van der Waals surface area contributed by atoms with Crippen LogP contribution in [0.2, 0.25) is 0 Å². The Morgan fingerprint density at radius 3 is 2.81 bits per heavy atom. The van der Waals surface area contributed by atoms with Gasteiger partial charge in [0.05, 0.1) is 24.2 Å². The van der Waals surface area contributed by atoms with E-state index in [0.29, 0.717) is 0 Å². The van der Waals surface area contributed by atoms with Crippen molar-refractivity contribution in [3.63, 3.8) is 0 Å². The average Bonchev–Trinajstić information content (AvgIpc) is 3.11. The van der Waals surface area contributed by atoms with Gasteiger partial charge in [0.25, 0.3) is 0 Å². The zero-order valence-electron chi connectivity index (χ0n) is 14.2. The lowest BCUT2D eigenvalue weighted by molar-refractivity contribution is -0.0948. The van der Waals surface area contributed by atoms with Crippen LogP contribution in [0.5, 0.6) is 0 Å². The third kappa shape index (κ3) is 2.70. The number of anilines is 1. The Bertz CT molecular complexity index is 822. The molecule has 0 bridgehead atoms. The first kappa shape index (κ1) is 18.5. The van der Waals surface area contributed by atoms with Crippen LogP contribution >= 0.6 is 0 Å². The van der Waals surface area contributed by atoms with Crippen LogP contribution in [0.25, 0.3) is 11.0 Å². The molecule has 3 heterocycles. The van der Waals surface area contributed by atoms with Gasteiger partial charge in [0.15, 0.2) is 12.0 Å². The fourth-order valence-corrected chi connectivity index (χ4v) is 3.10. The number of hydrogen-bond donors (Lipinski definition) is 5. The Morgan fingerprint density at radius 1 is 1.50 bits per heavy atom. The minimum atomic E-state index is -1.77. The number of aliphatic hydroxyl groups excluding tert-OH is 2. The molecule has 1 aliphatic rings. The van der Waals surface area contributed by atoms with Crippen LogP contribution in [-0.4, -0.2) is 72.1 Å². The van der Waals surface area contributed by atoms with Crippen molar-refractivity contribution in [2.75, 3.05) is 18.7 Å². The molecule has 2 aromatic rings. The number of aromatic nitrogens is 3. The van der Waals surface area contributed by atoms with E-state index in [1.165, 1.54) is 17.7 Å². The predicted octanol–water partition coefficient (Wildman–Crippen LogP) is -0.589. The van der Waals surface area contributed by atoms with Crippen LogP contribution in [-0.2, 0) is 9.47 Å². The van der Waals surface area contributed by atoms with E-state index >= 15 is 0 Å². The van der Waals surface area contributed by atoms with E-state index in [4.69, 9.17) is 9.47 Å². The van der Waals surface area contributed by atoms with E-state index in [1.807, 2.05) is 5.48 Å². The van der Waals surface area contributed by atoms with Gasteiger partial charge in [0.2, 0.25) is 0 Å². The van der Waals surface area contributed by atoms with E-state index in [9.17, 15) is 25.3 Å². The van der Waals surface area contributed by atoms with Gasteiger partial charge in [-0.15, -0.1) is 0 Å². The summed E-state index contributed by atoms with van der Waals surface area (Å²) in [4.78, 5) is 20.3. The van der Waals surface area contributed by atoms with E-state index in [0.717, 1.165) is 6.33 Å². The summed E-state index contributed by atoms with van der Waals surface area (Å²) in [5, 5.41) is 39.7. The van der Waals surface area contributed by atoms with Gasteiger partial charge in [-0.2, -0.15) is 0 Å². The number of ether oxygens (including phenoxy) is 2. The zero-order chi connectivity index (χ0) is 19.1. The number of rotatable bonds is 5. The minimum Gasteiger partial charge on any atom is -0.462 e. The van der Waals surface area contributed by atoms with Crippen LogP contribution in [0.15, 0.2) is 12.5 Å². The predicted molar refractivity (Wildman–Crippen MR) is 86.5 cm³/mol. The molecule has 3 rings (SSSR count). The van der Waals surface area contributed by atoms with Gasteiger partial charge in [0, 0.05) is 6.20 Å². The standard InChI is InChI=1S/C15H20N4O7/c1-3-25-13(22)7-4-19(12-9(7)11(18-24)16-6-17-12)14-15(2,23)10(21)8(5-20)26-14/h4,6,8,10,14,20-21,23-24H,3,5H2,1-2H3,(H,16,17,18)/t8?,10?,14?,15-/m1/s1. The maximum atomic E-state index is 12.3. The Labute approximate surface area is 147 Å². The van der Waals surface area contributed by atoms with Crippen LogP contribution in [0, 0.1) is 0 Å². The molecule has 0 saturated carbocycles. The van der Waals surface area contributed by atoms with Crippen molar-refractivity contribution >= 4 is 22.8 Å². The lowest BCUT2D eigenvalue weighted by Crippen LogP contribution is -2.44.